The normalized spacial score (nSPS) is 29.9. The van der Waals surface area contributed by atoms with Gasteiger partial charge in [-0.3, -0.25) is 0 Å². The van der Waals surface area contributed by atoms with Gasteiger partial charge < -0.3 is 5.32 Å². The Kier molecular flexibility index (Phi) is 4.77. The monoisotopic (exact) mass is 271 g/mol. The Bertz CT molecular complexity index is 424. The van der Waals surface area contributed by atoms with E-state index in [-0.39, 0.29) is 0 Å². The summed E-state index contributed by atoms with van der Waals surface area (Å²) in [6.45, 7) is 3.37. The standard InChI is InChI=1S/C19H29N/c1-2-20-18-11-5-7-15(14-18)13-17-10-6-9-16-8-3-4-12-19(16)17/h3-4,8,12,15,17-18,20H,2,5-7,9-11,13-14H2,1H3. The summed E-state index contributed by atoms with van der Waals surface area (Å²) in [7, 11) is 0. The number of hydrogen-bond acceptors (Lipinski definition) is 1. The molecule has 0 aromatic heterocycles. The molecule has 0 amide bonds. The van der Waals surface area contributed by atoms with Crippen molar-refractivity contribution in [2.45, 2.75) is 70.3 Å². The molecule has 2 aliphatic rings. The van der Waals surface area contributed by atoms with Gasteiger partial charge in [0.1, 0.15) is 0 Å². The highest BCUT2D eigenvalue weighted by Crippen LogP contribution is 2.39. The molecule has 0 radical (unpaired) electrons. The van der Waals surface area contributed by atoms with E-state index < -0.39 is 0 Å². The molecule has 3 rings (SSSR count). The zero-order valence-electron chi connectivity index (χ0n) is 12.9. The molecule has 20 heavy (non-hydrogen) atoms. The van der Waals surface area contributed by atoms with Gasteiger partial charge in [0, 0.05) is 6.04 Å². The topological polar surface area (TPSA) is 12.0 Å². The molecule has 3 atom stereocenters. The number of hydrogen-bond donors (Lipinski definition) is 1. The molecule has 0 aliphatic heterocycles. The first-order valence-corrected chi connectivity index (χ1v) is 8.68. The number of nitrogens with one attached hydrogen (secondary N) is 1. The molecule has 1 nitrogen and oxygen atoms in total. The van der Waals surface area contributed by atoms with E-state index in [9.17, 15) is 0 Å². The van der Waals surface area contributed by atoms with Crippen LogP contribution in [0.1, 0.15) is 68.9 Å². The summed E-state index contributed by atoms with van der Waals surface area (Å²) in [5.74, 6) is 1.79. The van der Waals surface area contributed by atoms with Crippen LogP contribution in [0.4, 0.5) is 0 Å². The minimum Gasteiger partial charge on any atom is -0.314 e. The highest BCUT2D eigenvalue weighted by molar-refractivity contribution is 5.32. The van der Waals surface area contributed by atoms with Crippen LogP contribution >= 0.6 is 0 Å². The van der Waals surface area contributed by atoms with Crippen molar-refractivity contribution in [1.82, 2.24) is 5.32 Å². The number of aryl methyl sites for hydroxylation is 1. The maximum Gasteiger partial charge on any atom is 0.00695 e. The van der Waals surface area contributed by atoms with Crippen molar-refractivity contribution in [2.75, 3.05) is 6.54 Å². The maximum atomic E-state index is 3.67. The first kappa shape index (κ1) is 14.1. The molecule has 1 saturated carbocycles. The van der Waals surface area contributed by atoms with Crippen molar-refractivity contribution in [3.63, 3.8) is 0 Å². The lowest BCUT2D eigenvalue weighted by molar-refractivity contribution is 0.257. The summed E-state index contributed by atoms with van der Waals surface area (Å²) in [5.41, 5.74) is 3.30. The Morgan fingerprint density at radius 2 is 2.00 bits per heavy atom. The predicted molar refractivity (Wildman–Crippen MR) is 86.2 cm³/mol. The first-order chi connectivity index (χ1) is 9.86. The molecule has 0 saturated heterocycles. The van der Waals surface area contributed by atoms with Crippen molar-refractivity contribution in [2.24, 2.45) is 5.92 Å². The molecule has 1 N–H and O–H groups in total. The molecule has 0 spiro atoms. The number of benzene rings is 1. The second-order valence-electron chi connectivity index (χ2n) is 6.81. The maximum absolute atomic E-state index is 3.67. The SMILES string of the molecule is CCNC1CCCC(CC2CCCc3ccccc32)C1. The van der Waals surface area contributed by atoms with E-state index in [4.69, 9.17) is 0 Å². The molecule has 110 valence electrons. The summed E-state index contributed by atoms with van der Waals surface area (Å²) in [6, 6.07) is 9.98. The molecule has 1 aromatic carbocycles. The van der Waals surface area contributed by atoms with Crippen molar-refractivity contribution < 1.29 is 0 Å². The molecular formula is C19H29N. The van der Waals surface area contributed by atoms with Gasteiger partial charge in [0.15, 0.2) is 0 Å². The molecular weight excluding hydrogens is 242 g/mol. The zero-order chi connectivity index (χ0) is 13.8. The quantitative estimate of drug-likeness (QED) is 0.839. The summed E-state index contributed by atoms with van der Waals surface area (Å²) >= 11 is 0. The van der Waals surface area contributed by atoms with Crippen LogP contribution in [0.3, 0.4) is 0 Å². The summed E-state index contributed by atoms with van der Waals surface area (Å²) < 4.78 is 0. The van der Waals surface area contributed by atoms with Gasteiger partial charge in [0.25, 0.3) is 0 Å². The Labute approximate surface area is 124 Å². The lowest BCUT2D eigenvalue weighted by Crippen LogP contribution is -2.34. The van der Waals surface area contributed by atoms with Crippen molar-refractivity contribution in [1.29, 1.82) is 0 Å². The van der Waals surface area contributed by atoms with E-state index in [0.717, 1.165) is 24.4 Å². The van der Waals surface area contributed by atoms with Gasteiger partial charge in [-0.2, -0.15) is 0 Å². The highest BCUT2D eigenvalue weighted by atomic mass is 14.9. The van der Waals surface area contributed by atoms with Crippen LogP contribution in [0.2, 0.25) is 0 Å². The van der Waals surface area contributed by atoms with E-state index in [0.29, 0.717) is 0 Å². The van der Waals surface area contributed by atoms with E-state index in [1.807, 2.05) is 0 Å². The van der Waals surface area contributed by atoms with Crippen LogP contribution in [-0.4, -0.2) is 12.6 Å². The smallest absolute Gasteiger partial charge is 0.00695 e. The van der Waals surface area contributed by atoms with E-state index >= 15 is 0 Å². The Morgan fingerprint density at radius 3 is 2.90 bits per heavy atom. The largest absolute Gasteiger partial charge is 0.314 e. The molecule has 3 unspecified atom stereocenters. The van der Waals surface area contributed by atoms with E-state index in [1.165, 1.54) is 51.4 Å². The van der Waals surface area contributed by atoms with Crippen molar-refractivity contribution in [3.8, 4) is 0 Å². The third kappa shape index (κ3) is 3.25. The van der Waals surface area contributed by atoms with Gasteiger partial charge in [0.2, 0.25) is 0 Å². The van der Waals surface area contributed by atoms with Crippen LogP contribution in [0.15, 0.2) is 24.3 Å². The van der Waals surface area contributed by atoms with Crippen LogP contribution in [-0.2, 0) is 6.42 Å². The minimum absolute atomic E-state index is 0.789. The zero-order valence-corrected chi connectivity index (χ0v) is 12.9. The second kappa shape index (κ2) is 6.76. The lowest BCUT2D eigenvalue weighted by atomic mass is 9.74. The van der Waals surface area contributed by atoms with Crippen LogP contribution in [0, 0.1) is 5.92 Å². The number of rotatable bonds is 4. The molecule has 0 heterocycles. The summed E-state index contributed by atoms with van der Waals surface area (Å²) in [6.07, 6.45) is 11.2. The lowest BCUT2D eigenvalue weighted by Gasteiger charge is -2.34. The fraction of sp³-hybridized carbons (Fsp3) is 0.684. The predicted octanol–water partition coefficient (Wildman–Crippen LogP) is 4.66. The van der Waals surface area contributed by atoms with Gasteiger partial charge in [-0.25, -0.2) is 0 Å². The third-order valence-corrected chi connectivity index (χ3v) is 5.39. The van der Waals surface area contributed by atoms with Gasteiger partial charge in [0.05, 0.1) is 0 Å². The van der Waals surface area contributed by atoms with Crippen LogP contribution in [0.5, 0.6) is 0 Å². The molecule has 1 aromatic rings. The summed E-state index contributed by atoms with van der Waals surface area (Å²) in [5, 5.41) is 3.67. The van der Waals surface area contributed by atoms with Gasteiger partial charge >= 0.3 is 0 Å². The first-order valence-electron chi connectivity index (χ1n) is 8.68. The van der Waals surface area contributed by atoms with Crippen molar-refractivity contribution in [3.05, 3.63) is 35.4 Å². The Balaban J connectivity index is 1.63. The highest BCUT2D eigenvalue weighted by Gasteiger charge is 2.27. The van der Waals surface area contributed by atoms with Gasteiger partial charge in [-0.1, -0.05) is 44.0 Å². The fourth-order valence-corrected chi connectivity index (χ4v) is 4.48. The molecule has 1 fully saturated rings. The van der Waals surface area contributed by atoms with E-state index in [1.54, 1.807) is 11.1 Å². The average Bonchev–Trinajstić information content (AvgIpc) is 2.48. The second-order valence-corrected chi connectivity index (χ2v) is 6.81. The van der Waals surface area contributed by atoms with Crippen LogP contribution < -0.4 is 5.32 Å². The van der Waals surface area contributed by atoms with Crippen LogP contribution in [0.25, 0.3) is 0 Å². The van der Waals surface area contributed by atoms with Crippen molar-refractivity contribution >= 4 is 0 Å². The third-order valence-electron chi connectivity index (χ3n) is 5.39. The average molecular weight is 271 g/mol. The summed E-state index contributed by atoms with van der Waals surface area (Å²) in [4.78, 5) is 0. The van der Waals surface area contributed by atoms with E-state index in [2.05, 4.69) is 36.5 Å². The Hall–Kier alpha value is -0.820. The van der Waals surface area contributed by atoms with Gasteiger partial charge in [-0.15, -0.1) is 0 Å². The molecule has 1 heteroatoms. The Morgan fingerprint density at radius 1 is 1.10 bits per heavy atom. The number of fused-ring (bicyclic) bond motifs is 1. The minimum atomic E-state index is 0.789. The molecule has 2 aliphatic carbocycles. The van der Waals surface area contributed by atoms with Gasteiger partial charge in [-0.05, 0) is 68.0 Å². The fourth-order valence-electron chi connectivity index (χ4n) is 4.48. The molecule has 0 bridgehead atoms.